The van der Waals surface area contributed by atoms with E-state index in [0.29, 0.717) is 6.54 Å². The maximum absolute atomic E-state index is 11.0. The van der Waals surface area contributed by atoms with Crippen molar-refractivity contribution < 1.29 is 9.53 Å². The van der Waals surface area contributed by atoms with Crippen LogP contribution in [-0.2, 0) is 10.2 Å². The summed E-state index contributed by atoms with van der Waals surface area (Å²) < 4.78 is 5.63. The number of alkyl carbamates (subject to hydrolysis) is 1. The Labute approximate surface area is 102 Å². The molecule has 0 atom stereocenters. The van der Waals surface area contributed by atoms with E-state index in [1.54, 1.807) is 11.3 Å². The number of thiophene rings is 1. The Morgan fingerprint density at radius 3 is 2.73 bits per heavy atom. The molecule has 0 aliphatic rings. The summed E-state index contributed by atoms with van der Waals surface area (Å²) in [7, 11) is 1.37. The summed E-state index contributed by atoms with van der Waals surface area (Å²) in [6.07, 6.45) is -0.390. The van der Waals surface area contributed by atoms with Crippen molar-refractivity contribution in [3.63, 3.8) is 0 Å². The zero-order valence-electron chi connectivity index (χ0n) is 8.96. The Hall–Kier alpha value is -0.550. The van der Waals surface area contributed by atoms with E-state index in [9.17, 15) is 4.79 Å². The third kappa shape index (κ3) is 3.50. The van der Waals surface area contributed by atoms with Crippen molar-refractivity contribution in [2.75, 3.05) is 13.7 Å². The lowest BCUT2D eigenvalue weighted by atomic mass is 9.91. The minimum Gasteiger partial charge on any atom is -0.453 e. The monoisotopic (exact) mass is 291 g/mol. The van der Waals surface area contributed by atoms with Gasteiger partial charge in [-0.25, -0.2) is 4.79 Å². The van der Waals surface area contributed by atoms with Gasteiger partial charge in [0.15, 0.2) is 0 Å². The Morgan fingerprint density at radius 1 is 1.60 bits per heavy atom. The first-order chi connectivity index (χ1) is 6.95. The number of hydrogen-bond donors (Lipinski definition) is 1. The van der Waals surface area contributed by atoms with Crippen LogP contribution in [0.2, 0.25) is 0 Å². The highest BCUT2D eigenvalue weighted by Gasteiger charge is 2.23. The van der Waals surface area contributed by atoms with Crippen LogP contribution in [0.5, 0.6) is 0 Å². The van der Waals surface area contributed by atoms with Crippen LogP contribution in [-0.4, -0.2) is 19.7 Å². The first kappa shape index (κ1) is 12.5. The first-order valence-corrected chi connectivity index (χ1v) is 6.14. The number of carbonyl (C=O) groups is 1. The fourth-order valence-electron chi connectivity index (χ4n) is 1.13. The molecule has 1 aromatic rings. The molecular formula is C10H14BrNO2S. The number of methoxy groups -OCH3 is 1. The number of ether oxygens (including phenoxy) is 1. The van der Waals surface area contributed by atoms with E-state index < -0.39 is 6.09 Å². The van der Waals surface area contributed by atoms with Gasteiger partial charge in [0.05, 0.1) is 10.9 Å². The van der Waals surface area contributed by atoms with Gasteiger partial charge < -0.3 is 10.1 Å². The van der Waals surface area contributed by atoms with Gasteiger partial charge in [0, 0.05) is 16.8 Å². The molecule has 0 spiro atoms. The second-order valence-corrected chi connectivity index (χ2v) is 6.30. The largest absolute Gasteiger partial charge is 0.453 e. The van der Waals surface area contributed by atoms with E-state index in [0.717, 1.165) is 3.79 Å². The maximum atomic E-state index is 11.0. The summed E-state index contributed by atoms with van der Waals surface area (Å²) >= 11 is 5.10. The van der Waals surface area contributed by atoms with E-state index in [4.69, 9.17) is 0 Å². The van der Waals surface area contributed by atoms with Crippen LogP contribution < -0.4 is 5.32 Å². The molecule has 0 aromatic carbocycles. The Morgan fingerprint density at radius 2 is 2.27 bits per heavy atom. The topological polar surface area (TPSA) is 38.3 Å². The van der Waals surface area contributed by atoms with Gasteiger partial charge in [-0.2, -0.15) is 0 Å². The van der Waals surface area contributed by atoms with Crippen LogP contribution in [0.3, 0.4) is 0 Å². The van der Waals surface area contributed by atoms with Crippen LogP contribution in [0.1, 0.15) is 18.7 Å². The van der Waals surface area contributed by atoms with Crippen LogP contribution in [0.15, 0.2) is 15.9 Å². The summed E-state index contributed by atoms with van der Waals surface area (Å²) in [5, 5.41) is 2.71. The molecule has 1 aromatic heterocycles. The molecule has 0 radical (unpaired) electrons. The van der Waals surface area contributed by atoms with E-state index >= 15 is 0 Å². The molecule has 5 heteroatoms. The molecule has 1 N–H and O–H groups in total. The summed E-state index contributed by atoms with van der Waals surface area (Å²) in [4.78, 5) is 12.2. The smallest absolute Gasteiger partial charge is 0.406 e. The zero-order chi connectivity index (χ0) is 11.5. The summed E-state index contributed by atoms with van der Waals surface area (Å²) in [6, 6.07) is 4.08. The lowest BCUT2D eigenvalue weighted by Crippen LogP contribution is -2.36. The quantitative estimate of drug-likeness (QED) is 0.929. The maximum Gasteiger partial charge on any atom is 0.406 e. The molecule has 1 heterocycles. The lowest BCUT2D eigenvalue weighted by Gasteiger charge is -2.23. The number of carbonyl (C=O) groups excluding carboxylic acids is 1. The fraction of sp³-hybridized carbons (Fsp3) is 0.500. The van der Waals surface area contributed by atoms with Gasteiger partial charge in [0.1, 0.15) is 0 Å². The lowest BCUT2D eigenvalue weighted by molar-refractivity contribution is 0.168. The van der Waals surface area contributed by atoms with Gasteiger partial charge in [0.25, 0.3) is 0 Å². The molecule has 15 heavy (non-hydrogen) atoms. The molecule has 3 nitrogen and oxygen atoms in total. The van der Waals surface area contributed by atoms with Gasteiger partial charge >= 0.3 is 6.09 Å². The van der Waals surface area contributed by atoms with Crippen LogP contribution in [0.4, 0.5) is 4.79 Å². The van der Waals surface area contributed by atoms with Gasteiger partial charge in [-0.15, -0.1) is 11.3 Å². The molecule has 84 valence electrons. The normalized spacial score (nSPS) is 11.2. The number of nitrogens with one attached hydrogen (secondary N) is 1. The highest BCUT2D eigenvalue weighted by atomic mass is 79.9. The fourth-order valence-corrected chi connectivity index (χ4v) is 2.62. The minimum absolute atomic E-state index is 0.0785. The minimum atomic E-state index is -0.390. The molecule has 0 unspecified atom stereocenters. The molecule has 0 saturated carbocycles. The van der Waals surface area contributed by atoms with Crippen molar-refractivity contribution in [2.24, 2.45) is 0 Å². The second-order valence-electron chi connectivity index (χ2n) is 3.83. The van der Waals surface area contributed by atoms with Gasteiger partial charge in [-0.1, -0.05) is 13.8 Å². The Kier molecular flexibility index (Phi) is 4.16. The average molecular weight is 292 g/mol. The molecule has 1 amide bonds. The molecule has 0 aliphatic heterocycles. The van der Waals surface area contributed by atoms with Crippen molar-refractivity contribution in [2.45, 2.75) is 19.3 Å². The zero-order valence-corrected chi connectivity index (χ0v) is 11.4. The highest BCUT2D eigenvalue weighted by molar-refractivity contribution is 9.11. The van der Waals surface area contributed by atoms with E-state index in [2.05, 4.69) is 45.9 Å². The molecule has 0 fully saturated rings. The van der Waals surface area contributed by atoms with E-state index in [-0.39, 0.29) is 5.41 Å². The SMILES string of the molecule is COC(=O)NCC(C)(C)c1ccc(Br)s1. The third-order valence-corrected chi connectivity index (χ3v) is 4.09. The summed E-state index contributed by atoms with van der Waals surface area (Å²) in [5.74, 6) is 0. The summed E-state index contributed by atoms with van der Waals surface area (Å²) in [6.45, 7) is 4.73. The standard InChI is InChI=1S/C10H14BrNO2S/c1-10(2,6-12-9(13)14-3)7-4-5-8(11)15-7/h4-5H,6H2,1-3H3,(H,12,13). The van der Waals surface area contributed by atoms with Crippen molar-refractivity contribution >= 4 is 33.4 Å². The van der Waals surface area contributed by atoms with E-state index in [1.165, 1.54) is 12.0 Å². The number of amides is 1. The van der Waals surface area contributed by atoms with Crippen LogP contribution in [0, 0.1) is 0 Å². The third-order valence-electron chi connectivity index (χ3n) is 2.10. The second kappa shape index (κ2) is 4.99. The number of halogens is 1. The summed E-state index contributed by atoms with van der Waals surface area (Å²) in [5.41, 5.74) is -0.0785. The predicted octanol–water partition coefficient (Wildman–Crippen LogP) is 3.14. The molecule has 1 rings (SSSR count). The Balaban J connectivity index is 2.63. The van der Waals surface area contributed by atoms with Crippen LogP contribution >= 0.6 is 27.3 Å². The van der Waals surface area contributed by atoms with Crippen molar-refractivity contribution in [1.82, 2.24) is 5.32 Å². The average Bonchev–Trinajstić information content (AvgIpc) is 2.62. The predicted molar refractivity (Wildman–Crippen MR) is 65.5 cm³/mol. The van der Waals surface area contributed by atoms with Crippen molar-refractivity contribution in [3.05, 3.63) is 20.8 Å². The highest BCUT2D eigenvalue weighted by Crippen LogP contribution is 2.32. The van der Waals surface area contributed by atoms with Crippen molar-refractivity contribution in [1.29, 1.82) is 0 Å². The Bertz CT molecular complexity index is 349. The molecule has 0 saturated heterocycles. The first-order valence-electron chi connectivity index (χ1n) is 4.53. The van der Waals surface area contributed by atoms with Crippen LogP contribution in [0.25, 0.3) is 0 Å². The molecule has 0 aliphatic carbocycles. The number of hydrogen-bond acceptors (Lipinski definition) is 3. The van der Waals surface area contributed by atoms with Gasteiger partial charge in [0.2, 0.25) is 0 Å². The van der Waals surface area contributed by atoms with Gasteiger partial charge in [-0.3, -0.25) is 0 Å². The molecular weight excluding hydrogens is 278 g/mol. The van der Waals surface area contributed by atoms with E-state index in [1.807, 2.05) is 6.07 Å². The van der Waals surface area contributed by atoms with Gasteiger partial charge in [-0.05, 0) is 28.1 Å². The molecule has 0 bridgehead atoms. The number of rotatable bonds is 3. The van der Waals surface area contributed by atoms with Crippen molar-refractivity contribution in [3.8, 4) is 0 Å².